The Hall–Kier alpha value is -4.13. The Labute approximate surface area is 238 Å². The molecule has 0 fully saturated rings. The third kappa shape index (κ3) is 9.48. The molecule has 4 amide bonds. The standard InChI is InChI=1S/C28H39N5O8/c1-16(2)12-21-28-32-22(14-41-28)25(36)29-11-6-5-10-20(26(37)33-24(17(3)34)27(38)31-21)30-23(35)15-40-19-9-7-8-18(13-19)39-4/h7-9,13-14,16-17,20-21,24,34H,5-6,10-12,15H2,1-4H3,(H,29,36)(H,30,35)(H,31,38)(H,33,37)/t17-,20+,21+,24+/m1/s1. The maximum absolute atomic E-state index is 13.3. The summed E-state index contributed by atoms with van der Waals surface area (Å²) in [6, 6.07) is 3.69. The van der Waals surface area contributed by atoms with Crippen molar-refractivity contribution in [2.24, 2.45) is 5.92 Å². The van der Waals surface area contributed by atoms with Gasteiger partial charge in [-0.05, 0) is 50.7 Å². The third-order valence-electron chi connectivity index (χ3n) is 6.41. The normalized spacial score (nSPS) is 21.3. The van der Waals surface area contributed by atoms with Gasteiger partial charge in [-0.1, -0.05) is 19.9 Å². The molecule has 0 saturated heterocycles. The van der Waals surface area contributed by atoms with E-state index in [9.17, 15) is 24.3 Å². The van der Waals surface area contributed by atoms with Gasteiger partial charge in [0, 0.05) is 12.6 Å². The zero-order valence-corrected chi connectivity index (χ0v) is 23.8. The molecule has 2 aromatic rings. The second-order valence-corrected chi connectivity index (χ2v) is 10.3. The number of oxazole rings is 1. The van der Waals surface area contributed by atoms with E-state index < -0.39 is 47.9 Å². The summed E-state index contributed by atoms with van der Waals surface area (Å²) in [6.07, 6.45) is 1.59. The van der Waals surface area contributed by atoms with Gasteiger partial charge in [0.25, 0.3) is 11.8 Å². The summed E-state index contributed by atoms with van der Waals surface area (Å²) in [5.74, 6) is -1.05. The SMILES string of the molecule is COc1cccc(OCC(=O)N[C@H]2CCCCNC(=O)c3coc(n3)[C@H](CC(C)C)NC(=O)[C@H]([C@@H](C)O)NC2=O)c1. The summed E-state index contributed by atoms with van der Waals surface area (Å²) in [4.78, 5) is 56.1. The van der Waals surface area contributed by atoms with Crippen LogP contribution in [0.25, 0.3) is 0 Å². The Morgan fingerprint density at radius 2 is 1.90 bits per heavy atom. The highest BCUT2D eigenvalue weighted by Gasteiger charge is 2.32. The van der Waals surface area contributed by atoms with E-state index in [1.165, 1.54) is 20.3 Å². The van der Waals surface area contributed by atoms with E-state index in [4.69, 9.17) is 13.9 Å². The van der Waals surface area contributed by atoms with Crippen molar-refractivity contribution in [2.75, 3.05) is 20.3 Å². The van der Waals surface area contributed by atoms with Crippen molar-refractivity contribution in [1.82, 2.24) is 26.3 Å². The number of aliphatic hydroxyl groups excluding tert-OH is 1. The van der Waals surface area contributed by atoms with E-state index in [0.29, 0.717) is 37.3 Å². The van der Waals surface area contributed by atoms with Crippen molar-refractivity contribution in [1.29, 1.82) is 0 Å². The Balaban J connectivity index is 1.77. The highest BCUT2D eigenvalue weighted by atomic mass is 16.5. The van der Waals surface area contributed by atoms with Crippen LogP contribution in [0, 0.1) is 5.92 Å². The topological polar surface area (TPSA) is 181 Å². The maximum Gasteiger partial charge on any atom is 0.273 e. The molecule has 0 aliphatic carbocycles. The number of aromatic nitrogens is 1. The average Bonchev–Trinajstić information content (AvgIpc) is 3.43. The van der Waals surface area contributed by atoms with E-state index in [1.54, 1.807) is 24.3 Å². The number of methoxy groups -OCH3 is 1. The van der Waals surface area contributed by atoms with Crippen LogP contribution in [0.5, 0.6) is 11.5 Å². The summed E-state index contributed by atoms with van der Waals surface area (Å²) < 4.78 is 16.2. The van der Waals surface area contributed by atoms with Crippen LogP contribution in [-0.4, -0.2) is 72.2 Å². The van der Waals surface area contributed by atoms with Gasteiger partial charge in [-0.2, -0.15) is 0 Å². The van der Waals surface area contributed by atoms with Crippen LogP contribution < -0.4 is 30.7 Å². The van der Waals surface area contributed by atoms with Gasteiger partial charge in [0.2, 0.25) is 17.7 Å². The van der Waals surface area contributed by atoms with Crippen LogP contribution >= 0.6 is 0 Å². The molecule has 1 aromatic carbocycles. The largest absolute Gasteiger partial charge is 0.497 e. The molecular weight excluding hydrogens is 534 g/mol. The molecule has 3 rings (SSSR count). The van der Waals surface area contributed by atoms with Crippen molar-refractivity contribution in [3.8, 4) is 11.5 Å². The second-order valence-electron chi connectivity index (χ2n) is 10.3. The predicted molar refractivity (Wildman–Crippen MR) is 147 cm³/mol. The zero-order chi connectivity index (χ0) is 29.9. The van der Waals surface area contributed by atoms with Gasteiger partial charge in [0.15, 0.2) is 12.3 Å². The Morgan fingerprint density at radius 1 is 1.15 bits per heavy atom. The number of hydrogen-bond acceptors (Lipinski definition) is 9. The molecule has 5 N–H and O–H groups in total. The van der Waals surface area contributed by atoms with Crippen LogP contribution in [0.15, 0.2) is 34.9 Å². The summed E-state index contributed by atoms with van der Waals surface area (Å²) in [6.45, 7) is 5.22. The molecule has 0 spiro atoms. The van der Waals surface area contributed by atoms with Crippen molar-refractivity contribution in [2.45, 2.75) is 70.7 Å². The number of carbonyl (C=O) groups excluding carboxylic acids is 4. The Kier molecular flexibility index (Phi) is 11.5. The zero-order valence-electron chi connectivity index (χ0n) is 23.8. The quantitative estimate of drug-likeness (QED) is 0.310. The van der Waals surface area contributed by atoms with Gasteiger partial charge in [-0.25, -0.2) is 4.98 Å². The lowest BCUT2D eigenvalue weighted by Gasteiger charge is -2.27. The third-order valence-corrected chi connectivity index (χ3v) is 6.41. The van der Waals surface area contributed by atoms with Crippen LogP contribution in [-0.2, 0) is 14.4 Å². The first-order valence-corrected chi connectivity index (χ1v) is 13.7. The fourth-order valence-corrected chi connectivity index (χ4v) is 4.28. The number of benzene rings is 1. The molecular formula is C28H39N5O8. The Bertz CT molecular complexity index is 1200. The highest BCUT2D eigenvalue weighted by molar-refractivity contribution is 5.93. The predicted octanol–water partition coefficient (Wildman–Crippen LogP) is 1.23. The summed E-state index contributed by atoms with van der Waals surface area (Å²) >= 11 is 0. The lowest BCUT2D eigenvalue weighted by atomic mass is 10.0. The number of fused-ring (bicyclic) bond motifs is 2. The molecule has 41 heavy (non-hydrogen) atoms. The van der Waals surface area contributed by atoms with Crippen molar-refractivity contribution in [3.05, 3.63) is 42.1 Å². The molecule has 13 heteroatoms. The smallest absolute Gasteiger partial charge is 0.273 e. The van der Waals surface area contributed by atoms with Crippen molar-refractivity contribution >= 4 is 23.6 Å². The lowest BCUT2D eigenvalue weighted by molar-refractivity contribution is -0.134. The molecule has 0 saturated carbocycles. The molecule has 1 aromatic heterocycles. The van der Waals surface area contributed by atoms with E-state index in [2.05, 4.69) is 26.3 Å². The molecule has 1 aliphatic heterocycles. The van der Waals surface area contributed by atoms with Gasteiger partial charge in [-0.15, -0.1) is 0 Å². The number of aliphatic hydroxyl groups is 1. The van der Waals surface area contributed by atoms with Gasteiger partial charge < -0.3 is 40.3 Å². The fourth-order valence-electron chi connectivity index (χ4n) is 4.28. The number of carbonyl (C=O) groups is 4. The van der Waals surface area contributed by atoms with E-state index in [1.807, 2.05) is 13.8 Å². The number of nitrogens with one attached hydrogen (secondary N) is 4. The lowest BCUT2D eigenvalue weighted by Crippen LogP contribution is -2.57. The summed E-state index contributed by atoms with van der Waals surface area (Å²) in [5.41, 5.74) is 0.0802. The first-order chi connectivity index (χ1) is 19.6. The Morgan fingerprint density at radius 3 is 2.61 bits per heavy atom. The number of hydrogen-bond donors (Lipinski definition) is 5. The molecule has 4 atom stereocenters. The van der Waals surface area contributed by atoms with Gasteiger partial charge >= 0.3 is 0 Å². The number of nitrogens with zero attached hydrogens (tertiary/aromatic N) is 1. The first-order valence-electron chi connectivity index (χ1n) is 13.7. The van der Waals surface area contributed by atoms with Crippen LogP contribution in [0.3, 0.4) is 0 Å². The molecule has 224 valence electrons. The minimum Gasteiger partial charge on any atom is -0.497 e. The average molecular weight is 574 g/mol. The molecule has 0 radical (unpaired) electrons. The van der Waals surface area contributed by atoms with Crippen LogP contribution in [0.4, 0.5) is 0 Å². The highest BCUT2D eigenvalue weighted by Crippen LogP contribution is 2.22. The maximum atomic E-state index is 13.3. The number of rotatable bonds is 8. The van der Waals surface area contributed by atoms with Crippen molar-refractivity contribution in [3.63, 3.8) is 0 Å². The monoisotopic (exact) mass is 573 g/mol. The molecule has 13 nitrogen and oxygen atoms in total. The first kappa shape index (κ1) is 31.4. The minimum atomic E-state index is -1.32. The second kappa shape index (κ2) is 15.0. The van der Waals surface area contributed by atoms with E-state index in [-0.39, 0.29) is 30.5 Å². The minimum absolute atomic E-state index is 0.0802. The van der Waals surface area contributed by atoms with Crippen molar-refractivity contribution < 1.29 is 38.2 Å². The number of amides is 4. The summed E-state index contributed by atoms with van der Waals surface area (Å²) in [5, 5.41) is 21.2. The molecule has 1 aliphatic rings. The molecule has 2 bridgehead atoms. The summed E-state index contributed by atoms with van der Waals surface area (Å²) in [7, 11) is 1.52. The molecule has 2 heterocycles. The fraction of sp³-hybridized carbons (Fsp3) is 0.536. The number of ether oxygens (including phenoxy) is 2. The van der Waals surface area contributed by atoms with Crippen LogP contribution in [0.1, 0.15) is 68.9 Å². The van der Waals surface area contributed by atoms with Gasteiger partial charge in [0.05, 0.1) is 13.2 Å². The van der Waals surface area contributed by atoms with E-state index >= 15 is 0 Å². The van der Waals surface area contributed by atoms with Gasteiger partial charge in [0.1, 0.15) is 35.9 Å². The van der Waals surface area contributed by atoms with E-state index in [0.717, 1.165) is 0 Å². The molecule has 0 unspecified atom stereocenters. The van der Waals surface area contributed by atoms with Gasteiger partial charge in [-0.3, -0.25) is 19.2 Å². The van der Waals surface area contributed by atoms with Crippen LogP contribution in [0.2, 0.25) is 0 Å².